The van der Waals surface area contributed by atoms with Crippen molar-refractivity contribution >= 4 is 5.91 Å². The second-order valence-corrected chi connectivity index (χ2v) is 8.41. The zero-order valence-corrected chi connectivity index (χ0v) is 17.6. The Hall–Kier alpha value is -2.41. The van der Waals surface area contributed by atoms with Crippen molar-refractivity contribution in [2.24, 2.45) is 5.92 Å². The molecule has 4 rings (SSSR count). The van der Waals surface area contributed by atoms with E-state index in [0.717, 1.165) is 56.4 Å². The molecule has 0 radical (unpaired) electrons. The van der Waals surface area contributed by atoms with Gasteiger partial charge in [-0.05, 0) is 56.4 Å². The van der Waals surface area contributed by atoms with Crippen molar-refractivity contribution in [1.82, 2.24) is 15.0 Å². The van der Waals surface area contributed by atoms with Crippen LogP contribution in [0.3, 0.4) is 0 Å². The van der Waals surface area contributed by atoms with Crippen LogP contribution in [0.2, 0.25) is 0 Å². The maximum absolute atomic E-state index is 12.8. The summed E-state index contributed by atoms with van der Waals surface area (Å²) < 4.78 is 10.5. The Bertz CT molecular complexity index is 835. The molecule has 1 aromatic carbocycles. The van der Waals surface area contributed by atoms with Gasteiger partial charge in [0.25, 0.3) is 0 Å². The van der Waals surface area contributed by atoms with Gasteiger partial charge in [0, 0.05) is 36.9 Å². The van der Waals surface area contributed by atoms with Gasteiger partial charge in [-0.25, -0.2) is 0 Å². The van der Waals surface area contributed by atoms with E-state index in [9.17, 15) is 9.90 Å². The zero-order chi connectivity index (χ0) is 20.9. The summed E-state index contributed by atoms with van der Waals surface area (Å²) >= 11 is 0. The van der Waals surface area contributed by atoms with Gasteiger partial charge in [0.05, 0.1) is 13.2 Å². The SMILES string of the molecule is COc1ccc(-c2noc(CCCC(=O)N3CCCC3C3CCCCC3O)n2)cc1. The van der Waals surface area contributed by atoms with E-state index in [-0.39, 0.29) is 24.0 Å². The smallest absolute Gasteiger partial charge is 0.226 e. The third kappa shape index (κ3) is 4.67. The van der Waals surface area contributed by atoms with Crippen LogP contribution < -0.4 is 4.74 Å². The number of carbonyl (C=O) groups is 1. The van der Waals surface area contributed by atoms with Crippen LogP contribution in [-0.4, -0.2) is 51.9 Å². The van der Waals surface area contributed by atoms with Gasteiger partial charge >= 0.3 is 0 Å². The van der Waals surface area contributed by atoms with E-state index in [1.807, 2.05) is 29.2 Å². The van der Waals surface area contributed by atoms with E-state index in [1.54, 1.807) is 7.11 Å². The number of aromatic nitrogens is 2. The molecule has 3 atom stereocenters. The molecule has 1 saturated heterocycles. The van der Waals surface area contributed by atoms with Gasteiger partial charge in [0.2, 0.25) is 17.6 Å². The molecule has 1 aliphatic heterocycles. The lowest BCUT2D eigenvalue weighted by Crippen LogP contribution is -2.45. The number of aliphatic hydroxyl groups excluding tert-OH is 1. The number of amides is 1. The number of benzene rings is 1. The summed E-state index contributed by atoms with van der Waals surface area (Å²) in [5, 5.41) is 14.5. The molecule has 2 aliphatic rings. The first-order chi connectivity index (χ1) is 14.7. The summed E-state index contributed by atoms with van der Waals surface area (Å²) in [7, 11) is 1.63. The predicted molar refractivity (Wildman–Crippen MR) is 112 cm³/mol. The standard InChI is InChI=1S/C23H31N3O4/c1-29-17-13-11-16(12-14-17)23-24-21(30-25-23)9-4-10-22(28)26-15-5-7-19(26)18-6-2-3-8-20(18)27/h11-14,18-20,27H,2-10,15H2,1H3. The lowest BCUT2D eigenvalue weighted by Gasteiger charge is -2.37. The summed E-state index contributed by atoms with van der Waals surface area (Å²) in [6, 6.07) is 7.71. The third-order valence-corrected chi connectivity index (χ3v) is 6.49. The molecular formula is C23H31N3O4. The largest absolute Gasteiger partial charge is 0.497 e. The van der Waals surface area contributed by atoms with Crippen molar-refractivity contribution < 1.29 is 19.2 Å². The first kappa shape index (κ1) is 20.8. The van der Waals surface area contributed by atoms with E-state index < -0.39 is 0 Å². The van der Waals surface area contributed by atoms with E-state index >= 15 is 0 Å². The predicted octanol–water partition coefficient (Wildman–Crippen LogP) is 3.61. The molecule has 7 heteroatoms. The fourth-order valence-corrected chi connectivity index (χ4v) is 4.88. The molecule has 7 nitrogen and oxygen atoms in total. The van der Waals surface area contributed by atoms with Gasteiger partial charge in [-0.2, -0.15) is 4.98 Å². The number of carbonyl (C=O) groups excluding carboxylic acids is 1. The van der Waals surface area contributed by atoms with Crippen molar-refractivity contribution in [1.29, 1.82) is 0 Å². The van der Waals surface area contributed by atoms with Crippen LogP contribution in [0.1, 0.15) is 57.3 Å². The van der Waals surface area contributed by atoms with Gasteiger partial charge in [0.1, 0.15) is 5.75 Å². The maximum atomic E-state index is 12.8. The molecule has 2 fully saturated rings. The average molecular weight is 414 g/mol. The Balaban J connectivity index is 1.28. The van der Waals surface area contributed by atoms with Crippen LogP contribution in [-0.2, 0) is 11.2 Å². The summed E-state index contributed by atoms with van der Waals surface area (Å²) in [6.07, 6.45) is 7.69. The number of aliphatic hydroxyl groups is 1. The highest BCUT2D eigenvalue weighted by molar-refractivity contribution is 5.76. The number of methoxy groups -OCH3 is 1. The van der Waals surface area contributed by atoms with Crippen LogP contribution in [0.4, 0.5) is 0 Å². The second-order valence-electron chi connectivity index (χ2n) is 8.41. The van der Waals surface area contributed by atoms with Gasteiger partial charge in [-0.15, -0.1) is 0 Å². The molecule has 1 aromatic heterocycles. The normalized spacial score (nSPS) is 24.2. The Morgan fingerprint density at radius 2 is 2.00 bits per heavy atom. The van der Waals surface area contributed by atoms with Crippen LogP contribution in [0.5, 0.6) is 5.75 Å². The van der Waals surface area contributed by atoms with E-state index in [2.05, 4.69) is 10.1 Å². The molecule has 0 bridgehead atoms. The number of rotatable bonds is 7. The quantitative estimate of drug-likeness (QED) is 0.746. The van der Waals surface area contributed by atoms with E-state index in [4.69, 9.17) is 9.26 Å². The molecule has 2 aromatic rings. The zero-order valence-electron chi connectivity index (χ0n) is 17.6. The van der Waals surface area contributed by atoms with Gasteiger partial charge in [-0.1, -0.05) is 18.0 Å². The third-order valence-electron chi connectivity index (χ3n) is 6.49. The second kappa shape index (κ2) is 9.60. The van der Waals surface area contributed by atoms with Crippen molar-refractivity contribution in [3.63, 3.8) is 0 Å². The van der Waals surface area contributed by atoms with Crippen LogP contribution in [0.15, 0.2) is 28.8 Å². The molecule has 0 spiro atoms. The molecule has 1 aliphatic carbocycles. The molecule has 30 heavy (non-hydrogen) atoms. The number of nitrogens with zero attached hydrogens (tertiary/aromatic N) is 3. The molecule has 1 saturated carbocycles. The average Bonchev–Trinajstić information content (AvgIpc) is 3.44. The summed E-state index contributed by atoms with van der Waals surface area (Å²) in [4.78, 5) is 19.3. The Labute approximate surface area is 177 Å². The fraction of sp³-hybridized carbons (Fsp3) is 0.609. The number of likely N-dealkylation sites (tertiary alicyclic amines) is 1. The van der Waals surface area contributed by atoms with Gasteiger partial charge in [0.15, 0.2) is 0 Å². The van der Waals surface area contributed by atoms with Gasteiger partial charge in [-0.3, -0.25) is 4.79 Å². The molecule has 2 heterocycles. The monoisotopic (exact) mass is 413 g/mol. The first-order valence-electron chi connectivity index (χ1n) is 11.1. The minimum atomic E-state index is -0.257. The maximum Gasteiger partial charge on any atom is 0.226 e. The number of hydrogen-bond acceptors (Lipinski definition) is 6. The van der Waals surface area contributed by atoms with Crippen LogP contribution in [0, 0.1) is 5.92 Å². The minimum Gasteiger partial charge on any atom is -0.497 e. The summed E-state index contributed by atoms with van der Waals surface area (Å²) in [5.74, 6) is 2.31. The van der Waals surface area contributed by atoms with Crippen molar-refractivity contribution in [2.45, 2.75) is 69.9 Å². The lowest BCUT2D eigenvalue weighted by molar-refractivity contribution is -0.134. The lowest BCUT2D eigenvalue weighted by atomic mass is 9.80. The van der Waals surface area contributed by atoms with Gasteiger partial charge < -0.3 is 19.3 Å². The Morgan fingerprint density at radius 1 is 1.20 bits per heavy atom. The van der Waals surface area contributed by atoms with E-state index in [0.29, 0.717) is 31.0 Å². The Morgan fingerprint density at radius 3 is 2.77 bits per heavy atom. The number of ether oxygens (including phenoxy) is 1. The Kier molecular flexibility index (Phi) is 6.67. The van der Waals surface area contributed by atoms with Crippen molar-refractivity contribution in [2.75, 3.05) is 13.7 Å². The molecule has 1 amide bonds. The molecular weight excluding hydrogens is 382 g/mol. The molecule has 162 valence electrons. The van der Waals surface area contributed by atoms with E-state index in [1.165, 1.54) is 0 Å². The topological polar surface area (TPSA) is 88.7 Å². The summed E-state index contributed by atoms with van der Waals surface area (Å²) in [5.41, 5.74) is 0.868. The van der Waals surface area contributed by atoms with Crippen LogP contribution in [0.25, 0.3) is 11.4 Å². The number of hydrogen-bond donors (Lipinski definition) is 1. The summed E-state index contributed by atoms with van der Waals surface area (Å²) in [6.45, 7) is 0.814. The van der Waals surface area contributed by atoms with Crippen LogP contribution >= 0.6 is 0 Å². The molecule has 3 unspecified atom stereocenters. The minimum absolute atomic E-state index is 0.185. The fourth-order valence-electron chi connectivity index (χ4n) is 4.88. The highest BCUT2D eigenvalue weighted by Gasteiger charge is 2.38. The molecule has 1 N–H and O–H groups in total. The first-order valence-corrected chi connectivity index (χ1v) is 11.1. The van der Waals surface area contributed by atoms with Crippen molar-refractivity contribution in [3.8, 4) is 17.1 Å². The van der Waals surface area contributed by atoms with Crippen molar-refractivity contribution in [3.05, 3.63) is 30.2 Å². The highest BCUT2D eigenvalue weighted by Crippen LogP contribution is 2.35. The number of aryl methyl sites for hydroxylation is 1. The highest BCUT2D eigenvalue weighted by atomic mass is 16.5.